The molecule has 0 unspecified atom stereocenters. The van der Waals surface area contributed by atoms with Gasteiger partial charge >= 0.3 is 0 Å². The highest BCUT2D eigenvalue weighted by molar-refractivity contribution is 6.25. The minimum atomic E-state index is 0.831. The highest BCUT2D eigenvalue weighted by Crippen LogP contribution is 2.45. The molecule has 0 aliphatic rings. The van der Waals surface area contributed by atoms with Gasteiger partial charge in [-0.25, -0.2) is 0 Å². The SMILES string of the molecule is c1ccc(-c2ccc(-c3ccc(N(c4ccc5c(c4)oc4ccc6oc7ccccc7c6c45)c4ccccc4-c4ccccc4)cc3)cc2)cc1. The van der Waals surface area contributed by atoms with Crippen molar-refractivity contribution in [1.82, 2.24) is 0 Å². The summed E-state index contributed by atoms with van der Waals surface area (Å²) >= 11 is 0. The molecule has 10 aromatic rings. The fraction of sp³-hybridized carbons (Fsp3) is 0. The van der Waals surface area contributed by atoms with Crippen molar-refractivity contribution in [2.45, 2.75) is 0 Å². The van der Waals surface area contributed by atoms with Gasteiger partial charge in [0.25, 0.3) is 0 Å². The number of furan rings is 2. The Hall–Kier alpha value is -6.84. The van der Waals surface area contributed by atoms with E-state index in [0.717, 1.165) is 72.1 Å². The van der Waals surface area contributed by atoms with Crippen molar-refractivity contribution in [1.29, 1.82) is 0 Å². The van der Waals surface area contributed by atoms with Gasteiger partial charge in [-0.15, -0.1) is 0 Å². The number of fused-ring (bicyclic) bond motifs is 7. The van der Waals surface area contributed by atoms with E-state index in [1.165, 1.54) is 22.3 Å². The number of anilines is 3. The van der Waals surface area contributed by atoms with E-state index in [0.29, 0.717) is 0 Å². The molecule has 0 aliphatic heterocycles. The Balaban J connectivity index is 1.11. The molecule has 0 saturated heterocycles. The van der Waals surface area contributed by atoms with Crippen molar-refractivity contribution in [2.75, 3.05) is 4.90 Å². The van der Waals surface area contributed by atoms with Crippen molar-refractivity contribution < 1.29 is 8.83 Å². The van der Waals surface area contributed by atoms with E-state index in [1.54, 1.807) is 0 Å². The number of para-hydroxylation sites is 2. The maximum absolute atomic E-state index is 6.61. The van der Waals surface area contributed by atoms with Gasteiger partial charge in [-0.2, -0.15) is 0 Å². The van der Waals surface area contributed by atoms with Gasteiger partial charge in [-0.05, 0) is 76.3 Å². The number of nitrogens with zero attached hydrogens (tertiary/aromatic N) is 1. The number of hydrogen-bond acceptors (Lipinski definition) is 3. The Morgan fingerprint density at radius 1 is 0.314 bits per heavy atom. The van der Waals surface area contributed by atoms with Crippen LogP contribution in [0.15, 0.2) is 197 Å². The van der Waals surface area contributed by atoms with Crippen LogP contribution in [0.1, 0.15) is 0 Å². The normalized spacial score (nSPS) is 11.5. The fourth-order valence-electron chi connectivity index (χ4n) is 7.46. The average molecular weight is 654 g/mol. The molecule has 10 rings (SSSR count). The molecule has 0 fully saturated rings. The topological polar surface area (TPSA) is 29.5 Å². The van der Waals surface area contributed by atoms with Crippen LogP contribution in [0.25, 0.3) is 77.3 Å². The van der Waals surface area contributed by atoms with E-state index in [9.17, 15) is 0 Å². The van der Waals surface area contributed by atoms with Crippen molar-refractivity contribution in [3.63, 3.8) is 0 Å². The van der Waals surface area contributed by atoms with Gasteiger partial charge in [0.05, 0.1) is 5.69 Å². The van der Waals surface area contributed by atoms with Crippen LogP contribution in [0.4, 0.5) is 17.1 Å². The van der Waals surface area contributed by atoms with Gasteiger partial charge in [-0.3, -0.25) is 0 Å². The quantitative estimate of drug-likeness (QED) is 0.179. The minimum Gasteiger partial charge on any atom is -0.456 e. The molecule has 0 aliphatic carbocycles. The molecule has 3 heteroatoms. The average Bonchev–Trinajstić information content (AvgIpc) is 3.77. The molecule has 0 saturated carbocycles. The van der Waals surface area contributed by atoms with Gasteiger partial charge in [0.1, 0.15) is 22.3 Å². The van der Waals surface area contributed by atoms with Crippen LogP contribution in [-0.4, -0.2) is 0 Å². The predicted molar refractivity (Wildman–Crippen MR) is 212 cm³/mol. The molecule has 2 heterocycles. The summed E-state index contributed by atoms with van der Waals surface area (Å²) in [4.78, 5) is 2.33. The molecule has 8 aromatic carbocycles. The lowest BCUT2D eigenvalue weighted by molar-refractivity contribution is 0.663. The van der Waals surface area contributed by atoms with E-state index in [1.807, 2.05) is 24.3 Å². The summed E-state index contributed by atoms with van der Waals surface area (Å²) in [6.45, 7) is 0. The molecule has 51 heavy (non-hydrogen) atoms. The molecule has 240 valence electrons. The van der Waals surface area contributed by atoms with Gasteiger partial charge in [0.15, 0.2) is 0 Å². The summed E-state index contributed by atoms with van der Waals surface area (Å²) < 4.78 is 12.8. The predicted octanol–water partition coefficient (Wildman–Crippen LogP) is 14.0. The minimum absolute atomic E-state index is 0.831. The van der Waals surface area contributed by atoms with E-state index in [4.69, 9.17) is 8.83 Å². The summed E-state index contributed by atoms with van der Waals surface area (Å²) in [5.41, 5.74) is 13.7. The molecular formula is C48H31NO2. The van der Waals surface area contributed by atoms with Gasteiger partial charge < -0.3 is 13.7 Å². The highest BCUT2D eigenvalue weighted by Gasteiger charge is 2.21. The Morgan fingerprint density at radius 3 is 1.49 bits per heavy atom. The van der Waals surface area contributed by atoms with Gasteiger partial charge in [0, 0.05) is 44.5 Å². The number of hydrogen-bond donors (Lipinski definition) is 0. The fourth-order valence-corrected chi connectivity index (χ4v) is 7.46. The zero-order chi connectivity index (χ0) is 33.7. The molecule has 0 bridgehead atoms. The molecule has 0 amide bonds. The van der Waals surface area contributed by atoms with Crippen molar-refractivity contribution in [2.24, 2.45) is 0 Å². The van der Waals surface area contributed by atoms with Crippen LogP contribution < -0.4 is 4.90 Å². The second-order valence-corrected chi connectivity index (χ2v) is 12.9. The maximum atomic E-state index is 6.61. The number of benzene rings is 8. The van der Waals surface area contributed by atoms with E-state index in [2.05, 4.69) is 169 Å². The molecule has 0 N–H and O–H groups in total. The first-order valence-electron chi connectivity index (χ1n) is 17.3. The van der Waals surface area contributed by atoms with Gasteiger partial charge in [0.2, 0.25) is 0 Å². The first kappa shape index (κ1) is 29.1. The smallest absolute Gasteiger partial charge is 0.137 e. The zero-order valence-corrected chi connectivity index (χ0v) is 27.7. The standard InChI is InChI=1S/C48H31NO2/c1-3-11-32(12-4-1)33-19-21-34(22-20-33)35-23-25-37(26-24-35)49(42-17-9-7-15-39(42)36-13-5-2-6-14-36)38-27-28-41-46(31-38)51-45-30-29-44-47(48(41)45)40-16-8-10-18-43(40)50-44/h1-31H. The first-order valence-corrected chi connectivity index (χ1v) is 17.3. The van der Waals surface area contributed by atoms with Crippen LogP contribution >= 0.6 is 0 Å². The summed E-state index contributed by atoms with van der Waals surface area (Å²) in [6.07, 6.45) is 0. The molecular weight excluding hydrogens is 623 g/mol. The molecule has 2 aromatic heterocycles. The second-order valence-electron chi connectivity index (χ2n) is 12.9. The third-order valence-electron chi connectivity index (χ3n) is 9.90. The first-order chi connectivity index (χ1) is 25.3. The lowest BCUT2D eigenvalue weighted by atomic mass is 9.99. The van der Waals surface area contributed by atoms with Crippen LogP contribution in [0.3, 0.4) is 0 Å². The molecule has 0 spiro atoms. The van der Waals surface area contributed by atoms with Crippen molar-refractivity contribution in [3.05, 3.63) is 188 Å². The largest absolute Gasteiger partial charge is 0.456 e. The van der Waals surface area contributed by atoms with Crippen molar-refractivity contribution >= 4 is 60.9 Å². The van der Waals surface area contributed by atoms with Crippen LogP contribution in [-0.2, 0) is 0 Å². The summed E-state index contributed by atoms with van der Waals surface area (Å²) in [7, 11) is 0. The highest BCUT2D eigenvalue weighted by atomic mass is 16.3. The van der Waals surface area contributed by atoms with Crippen LogP contribution in [0.2, 0.25) is 0 Å². The van der Waals surface area contributed by atoms with E-state index >= 15 is 0 Å². The van der Waals surface area contributed by atoms with Crippen LogP contribution in [0.5, 0.6) is 0 Å². The lowest BCUT2D eigenvalue weighted by Crippen LogP contribution is -2.11. The van der Waals surface area contributed by atoms with Gasteiger partial charge in [-0.1, -0.05) is 133 Å². The third-order valence-corrected chi connectivity index (χ3v) is 9.90. The summed E-state index contributed by atoms with van der Waals surface area (Å²) in [6, 6.07) is 66.2. The second kappa shape index (κ2) is 11.9. The number of rotatable bonds is 6. The molecule has 0 radical (unpaired) electrons. The summed E-state index contributed by atoms with van der Waals surface area (Å²) in [5.74, 6) is 0. The lowest BCUT2D eigenvalue weighted by Gasteiger charge is -2.28. The third kappa shape index (κ3) is 4.98. The Labute approximate surface area is 295 Å². The Bertz CT molecular complexity index is 2830. The Morgan fingerprint density at radius 2 is 0.804 bits per heavy atom. The molecule has 3 nitrogen and oxygen atoms in total. The summed E-state index contributed by atoms with van der Waals surface area (Å²) in [5, 5.41) is 4.33. The van der Waals surface area contributed by atoms with Crippen LogP contribution in [0, 0.1) is 0 Å². The Kier molecular flexibility index (Phi) is 6.81. The maximum Gasteiger partial charge on any atom is 0.137 e. The molecule has 0 atom stereocenters. The zero-order valence-electron chi connectivity index (χ0n) is 27.7. The van der Waals surface area contributed by atoms with E-state index < -0.39 is 0 Å². The monoisotopic (exact) mass is 653 g/mol. The van der Waals surface area contributed by atoms with E-state index in [-0.39, 0.29) is 0 Å². The van der Waals surface area contributed by atoms with Crippen molar-refractivity contribution in [3.8, 4) is 33.4 Å².